The molecular weight excluding hydrogens is 385 g/mol. The summed E-state index contributed by atoms with van der Waals surface area (Å²) in [6.45, 7) is 0. The molecule has 0 fully saturated rings. The summed E-state index contributed by atoms with van der Waals surface area (Å²) in [6, 6.07) is 0. The standard InChI is InChI=1S/C4H3BrClIO4P/c5-4-3(6)2(1-7-4)11-12(8,9)10/h1H,(H2,8,9,10)/q-1. The topological polar surface area (TPSA) is 66.8 Å². The Morgan fingerprint density at radius 1 is 1.67 bits per heavy atom. The van der Waals surface area contributed by atoms with Crippen LogP contribution in [0.5, 0.6) is 0 Å². The van der Waals surface area contributed by atoms with Crippen molar-refractivity contribution in [2.45, 2.75) is 0 Å². The first-order chi connectivity index (χ1) is 5.40. The van der Waals surface area contributed by atoms with Gasteiger partial charge in [0.05, 0.1) is 0 Å². The predicted molar refractivity (Wildman–Crippen MR) is 43.0 cm³/mol. The van der Waals surface area contributed by atoms with E-state index in [1.54, 1.807) is 4.08 Å². The fourth-order valence-electron chi connectivity index (χ4n) is 0.474. The van der Waals surface area contributed by atoms with Gasteiger partial charge in [-0.05, 0) is 0 Å². The first-order valence-corrected chi connectivity index (χ1v) is 7.57. The van der Waals surface area contributed by atoms with Crippen LogP contribution in [0.2, 0.25) is 0 Å². The number of phosphoric acid groups is 1. The van der Waals surface area contributed by atoms with E-state index in [2.05, 4.69) is 20.5 Å². The van der Waals surface area contributed by atoms with Crippen LogP contribution in [0.15, 0.2) is 17.4 Å². The van der Waals surface area contributed by atoms with Crippen LogP contribution in [0.4, 0.5) is 0 Å². The molecule has 8 heteroatoms. The van der Waals surface area contributed by atoms with Crippen LogP contribution in [0, 0.1) is 0 Å². The van der Waals surface area contributed by atoms with E-state index in [9.17, 15) is 4.57 Å². The molecule has 12 heavy (non-hydrogen) atoms. The van der Waals surface area contributed by atoms with Crippen LogP contribution < -0.4 is 21.2 Å². The second-order valence-electron chi connectivity index (χ2n) is 1.74. The zero-order chi connectivity index (χ0) is 9.35. The SMILES string of the molecule is O=P(O)(O)OC1=C[I-]C(Br)=C1Cl. The Bertz CT molecular complexity index is 308. The third kappa shape index (κ3) is 3.01. The van der Waals surface area contributed by atoms with Crippen LogP contribution in [0.3, 0.4) is 0 Å². The van der Waals surface area contributed by atoms with E-state index in [0.717, 1.165) is 2.49 Å². The van der Waals surface area contributed by atoms with Crippen molar-refractivity contribution >= 4 is 35.4 Å². The average molecular weight is 388 g/mol. The van der Waals surface area contributed by atoms with Gasteiger partial charge in [-0.1, -0.05) is 0 Å². The third-order valence-corrected chi connectivity index (χ3v) is 5.73. The second-order valence-corrected chi connectivity index (χ2v) is 7.88. The summed E-state index contributed by atoms with van der Waals surface area (Å²) in [4.78, 5) is 16.9. The number of phosphoric ester groups is 1. The van der Waals surface area contributed by atoms with E-state index < -0.39 is 29.0 Å². The van der Waals surface area contributed by atoms with Crippen molar-refractivity contribution in [3.8, 4) is 0 Å². The zero-order valence-electron chi connectivity index (χ0n) is 5.37. The molecule has 0 aromatic heterocycles. The van der Waals surface area contributed by atoms with E-state index in [1.807, 2.05) is 0 Å². The predicted octanol–water partition coefficient (Wildman–Crippen LogP) is -1.16. The van der Waals surface area contributed by atoms with Gasteiger partial charge >= 0.3 is 92.8 Å². The molecule has 0 atom stereocenters. The normalized spacial score (nSPS) is 18.8. The van der Waals surface area contributed by atoms with Gasteiger partial charge in [0.2, 0.25) is 0 Å². The first-order valence-electron chi connectivity index (χ1n) is 2.54. The average Bonchev–Trinajstić information content (AvgIpc) is 2.16. The summed E-state index contributed by atoms with van der Waals surface area (Å²) < 4.78 is 17.1. The minimum absolute atomic E-state index is 0.0738. The van der Waals surface area contributed by atoms with Gasteiger partial charge in [0.25, 0.3) is 0 Å². The van der Waals surface area contributed by atoms with E-state index in [0.29, 0.717) is 0 Å². The van der Waals surface area contributed by atoms with Crippen molar-refractivity contribution in [1.29, 1.82) is 0 Å². The molecule has 1 heterocycles. The van der Waals surface area contributed by atoms with E-state index in [-0.39, 0.29) is 10.8 Å². The van der Waals surface area contributed by atoms with Gasteiger partial charge in [-0.3, -0.25) is 0 Å². The number of allylic oxidation sites excluding steroid dienone is 1. The van der Waals surface area contributed by atoms with Crippen LogP contribution >= 0.6 is 35.4 Å². The van der Waals surface area contributed by atoms with Crippen molar-refractivity contribution in [1.82, 2.24) is 0 Å². The Labute approximate surface area is 92.3 Å². The molecule has 2 N–H and O–H groups in total. The molecule has 0 aliphatic carbocycles. The quantitative estimate of drug-likeness (QED) is 0.463. The molecule has 0 spiro atoms. The molecule has 0 saturated carbocycles. The van der Waals surface area contributed by atoms with Gasteiger partial charge in [-0.15, -0.1) is 0 Å². The van der Waals surface area contributed by atoms with Gasteiger partial charge in [0, 0.05) is 0 Å². The monoisotopic (exact) mass is 387 g/mol. The van der Waals surface area contributed by atoms with Gasteiger partial charge < -0.3 is 0 Å². The molecule has 0 amide bonds. The molecule has 0 saturated heterocycles. The molecule has 1 aliphatic rings. The first kappa shape index (κ1) is 11.0. The Balaban J connectivity index is 2.75. The Kier molecular flexibility index (Phi) is 3.65. The fraction of sp³-hybridized carbons (Fsp3) is 0. The molecule has 0 aromatic carbocycles. The van der Waals surface area contributed by atoms with Gasteiger partial charge in [-0.25, -0.2) is 0 Å². The molecule has 0 aromatic rings. The summed E-state index contributed by atoms with van der Waals surface area (Å²) in [7, 11) is -4.47. The minimum atomic E-state index is -4.47. The van der Waals surface area contributed by atoms with Gasteiger partial charge in [0.1, 0.15) is 0 Å². The molecule has 1 aliphatic heterocycles. The van der Waals surface area contributed by atoms with Crippen LogP contribution in [0.1, 0.15) is 0 Å². The summed E-state index contributed by atoms with van der Waals surface area (Å²) in [5.41, 5.74) is 0. The van der Waals surface area contributed by atoms with E-state index in [4.69, 9.17) is 21.4 Å². The molecule has 4 nitrogen and oxygen atoms in total. The number of hydrogen-bond donors (Lipinski definition) is 2. The maximum atomic E-state index is 10.4. The van der Waals surface area contributed by atoms with Crippen molar-refractivity contribution in [3.05, 3.63) is 17.4 Å². The van der Waals surface area contributed by atoms with Gasteiger partial charge in [-0.2, -0.15) is 0 Å². The van der Waals surface area contributed by atoms with Crippen molar-refractivity contribution in [3.63, 3.8) is 0 Å². The molecule has 70 valence electrons. The third-order valence-electron chi connectivity index (χ3n) is 0.849. The molecule has 0 radical (unpaired) electrons. The molecule has 0 unspecified atom stereocenters. The van der Waals surface area contributed by atoms with Crippen molar-refractivity contribution in [2.24, 2.45) is 0 Å². The second kappa shape index (κ2) is 3.98. The van der Waals surface area contributed by atoms with Crippen LogP contribution in [0.25, 0.3) is 0 Å². The summed E-state index contributed by atoms with van der Waals surface area (Å²) in [6.07, 6.45) is 0. The Morgan fingerprint density at radius 2 is 2.25 bits per heavy atom. The number of hydrogen-bond acceptors (Lipinski definition) is 2. The van der Waals surface area contributed by atoms with E-state index >= 15 is 0 Å². The summed E-state index contributed by atoms with van der Waals surface area (Å²) in [5, 5.41) is 0.256. The van der Waals surface area contributed by atoms with Crippen molar-refractivity contribution < 1.29 is 40.1 Å². The Morgan fingerprint density at radius 3 is 2.58 bits per heavy atom. The van der Waals surface area contributed by atoms with Gasteiger partial charge in [0.15, 0.2) is 0 Å². The zero-order valence-corrected chi connectivity index (χ0v) is 10.8. The van der Waals surface area contributed by atoms with Crippen molar-refractivity contribution in [2.75, 3.05) is 0 Å². The number of halogens is 3. The maximum absolute atomic E-state index is 10.4. The van der Waals surface area contributed by atoms with Crippen LogP contribution in [-0.4, -0.2) is 9.79 Å². The molecular formula is C4H3BrClIO4P-. The Hall–Kier alpha value is 0.930. The molecule has 1 rings (SSSR count). The van der Waals surface area contributed by atoms with Crippen LogP contribution in [-0.2, 0) is 9.09 Å². The summed E-state index contributed by atoms with van der Waals surface area (Å²) in [5.74, 6) is 0.0738. The van der Waals surface area contributed by atoms with E-state index in [1.165, 1.54) is 0 Å². The fourth-order valence-corrected chi connectivity index (χ4v) is 3.99. The molecule has 0 bridgehead atoms. The number of rotatable bonds is 2. The summed E-state index contributed by atoms with van der Waals surface area (Å²) >= 11 is 8.40.